The molecule has 29 heavy (non-hydrogen) atoms. The molecule has 0 radical (unpaired) electrons. The van der Waals surface area contributed by atoms with E-state index in [9.17, 15) is 18.0 Å². The highest BCUT2D eigenvalue weighted by molar-refractivity contribution is 7.89. The number of carbonyl (C=O) groups excluding carboxylic acids is 2. The Morgan fingerprint density at radius 1 is 1.10 bits per heavy atom. The molecule has 1 amide bonds. The minimum absolute atomic E-state index is 0.0343. The lowest BCUT2D eigenvalue weighted by Crippen LogP contribution is -2.34. The highest BCUT2D eigenvalue weighted by atomic mass is 32.2. The van der Waals surface area contributed by atoms with Gasteiger partial charge in [0.25, 0.3) is 0 Å². The van der Waals surface area contributed by atoms with E-state index < -0.39 is 10.0 Å². The standard InChI is InChI=1S/C22H26N2O4S/c1-16-6-3-4-7-20(16)21-8-5-15-24(21)22(26)13-14-23-29(27,28)19-11-9-18(10-12-19)17(2)25/h3-4,6-7,9-12,21,23H,5,8,13-15H2,1-2H3. The predicted molar refractivity (Wildman–Crippen MR) is 111 cm³/mol. The lowest BCUT2D eigenvalue weighted by atomic mass is 9.99. The lowest BCUT2D eigenvalue weighted by molar-refractivity contribution is -0.131. The zero-order valence-corrected chi connectivity index (χ0v) is 17.5. The van der Waals surface area contributed by atoms with Gasteiger partial charge in [-0.1, -0.05) is 36.4 Å². The molecule has 1 atom stereocenters. The van der Waals surface area contributed by atoms with Gasteiger partial charge in [-0.25, -0.2) is 13.1 Å². The molecule has 7 heteroatoms. The first kappa shape index (κ1) is 21.2. The van der Waals surface area contributed by atoms with Crippen molar-refractivity contribution in [1.82, 2.24) is 9.62 Å². The van der Waals surface area contributed by atoms with Gasteiger partial charge < -0.3 is 4.90 Å². The topological polar surface area (TPSA) is 83.5 Å². The Kier molecular flexibility index (Phi) is 6.49. The number of aryl methyl sites for hydroxylation is 1. The number of nitrogens with zero attached hydrogens (tertiary/aromatic N) is 1. The van der Waals surface area contributed by atoms with Gasteiger partial charge in [0.05, 0.1) is 10.9 Å². The van der Waals surface area contributed by atoms with Crippen LogP contribution < -0.4 is 4.72 Å². The van der Waals surface area contributed by atoms with Gasteiger partial charge in [-0.2, -0.15) is 0 Å². The molecule has 0 aliphatic carbocycles. The van der Waals surface area contributed by atoms with Gasteiger partial charge in [-0.15, -0.1) is 0 Å². The van der Waals surface area contributed by atoms with Crippen LogP contribution >= 0.6 is 0 Å². The van der Waals surface area contributed by atoms with E-state index in [1.807, 2.05) is 30.0 Å². The minimum Gasteiger partial charge on any atom is -0.336 e. The molecule has 1 N–H and O–H groups in total. The first-order valence-corrected chi connectivity index (χ1v) is 11.2. The fourth-order valence-corrected chi connectivity index (χ4v) is 4.77. The number of amides is 1. The van der Waals surface area contributed by atoms with Crippen LogP contribution in [0.2, 0.25) is 0 Å². The largest absolute Gasteiger partial charge is 0.336 e. The van der Waals surface area contributed by atoms with E-state index in [4.69, 9.17) is 0 Å². The third kappa shape index (κ3) is 4.92. The summed E-state index contributed by atoms with van der Waals surface area (Å²) in [6.07, 6.45) is 1.97. The van der Waals surface area contributed by atoms with Crippen LogP contribution in [0.1, 0.15) is 53.7 Å². The maximum atomic E-state index is 12.7. The van der Waals surface area contributed by atoms with Crippen molar-refractivity contribution < 1.29 is 18.0 Å². The molecule has 0 saturated carbocycles. The number of likely N-dealkylation sites (tertiary alicyclic amines) is 1. The summed E-state index contributed by atoms with van der Waals surface area (Å²) in [6, 6.07) is 13.9. The number of nitrogens with one attached hydrogen (secondary N) is 1. The molecule has 0 spiro atoms. The number of benzene rings is 2. The summed E-state index contributed by atoms with van der Waals surface area (Å²) < 4.78 is 27.3. The van der Waals surface area contributed by atoms with Crippen LogP contribution in [0.25, 0.3) is 0 Å². The van der Waals surface area contributed by atoms with E-state index in [0.29, 0.717) is 12.1 Å². The minimum atomic E-state index is -3.73. The van der Waals surface area contributed by atoms with Gasteiger partial charge in [0.1, 0.15) is 0 Å². The van der Waals surface area contributed by atoms with Crippen LogP contribution in [0.15, 0.2) is 53.4 Å². The summed E-state index contributed by atoms with van der Waals surface area (Å²) in [4.78, 5) is 26.0. The van der Waals surface area contributed by atoms with Crippen molar-refractivity contribution in [2.75, 3.05) is 13.1 Å². The molecule has 1 aliphatic heterocycles. The number of rotatable bonds is 7. The molecule has 0 bridgehead atoms. The van der Waals surface area contributed by atoms with E-state index in [1.165, 1.54) is 31.2 Å². The highest BCUT2D eigenvalue weighted by Gasteiger charge is 2.30. The Bertz CT molecular complexity index is 1000. The summed E-state index contributed by atoms with van der Waals surface area (Å²) in [5.41, 5.74) is 2.77. The van der Waals surface area contributed by atoms with Crippen molar-refractivity contribution >= 4 is 21.7 Å². The van der Waals surface area contributed by atoms with Gasteiger partial charge in [-0.05, 0) is 49.9 Å². The molecule has 1 aliphatic rings. The van der Waals surface area contributed by atoms with Crippen LogP contribution in [0.5, 0.6) is 0 Å². The van der Waals surface area contributed by atoms with E-state index in [-0.39, 0.29) is 35.6 Å². The SMILES string of the molecule is CC(=O)c1ccc(S(=O)(=O)NCCC(=O)N2CCCC2c2ccccc2C)cc1. The average molecular weight is 415 g/mol. The average Bonchev–Trinajstić information content (AvgIpc) is 3.18. The molecule has 1 fully saturated rings. The Morgan fingerprint density at radius 2 is 1.79 bits per heavy atom. The first-order valence-electron chi connectivity index (χ1n) is 9.75. The first-order chi connectivity index (χ1) is 13.8. The molecule has 6 nitrogen and oxygen atoms in total. The summed E-state index contributed by atoms with van der Waals surface area (Å²) >= 11 is 0. The molecular formula is C22H26N2O4S. The number of hydrogen-bond donors (Lipinski definition) is 1. The van der Waals surface area contributed by atoms with Crippen LogP contribution in [0, 0.1) is 6.92 Å². The monoisotopic (exact) mass is 414 g/mol. The van der Waals surface area contributed by atoms with Crippen LogP contribution in [0.4, 0.5) is 0 Å². The Balaban J connectivity index is 1.60. The number of sulfonamides is 1. The number of Topliss-reactive ketones (excluding diaryl/α,β-unsaturated/α-hetero) is 1. The normalized spacial score (nSPS) is 16.8. The van der Waals surface area contributed by atoms with Crippen molar-refractivity contribution in [1.29, 1.82) is 0 Å². The highest BCUT2D eigenvalue weighted by Crippen LogP contribution is 2.33. The van der Waals surface area contributed by atoms with E-state index in [0.717, 1.165) is 24.0 Å². The maximum Gasteiger partial charge on any atom is 0.240 e. The molecular weight excluding hydrogens is 388 g/mol. The van der Waals surface area contributed by atoms with Crippen molar-refractivity contribution in [2.24, 2.45) is 0 Å². The van der Waals surface area contributed by atoms with E-state index in [2.05, 4.69) is 10.8 Å². The molecule has 0 aromatic heterocycles. The molecule has 3 rings (SSSR count). The summed E-state index contributed by atoms with van der Waals surface area (Å²) in [7, 11) is -3.73. The third-order valence-corrected chi connectivity index (χ3v) is 6.80. The quantitative estimate of drug-likeness (QED) is 0.705. The Labute approximate surface area is 172 Å². The Morgan fingerprint density at radius 3 is 2.45 bits per heavy atom. The number of hydrogen-bond acceptors (Lipinski definition) is 4. The molecule has 1 heterocycles. The fraction of sp³-hybridized carbons (Fsp3) is 0.364. The van der Waals surface area contributed by atoms with Gasteiger partial charge >= 0.3 is 0 Å². The van der Waals surface area contributed by atoms with E-state index >= 15 is 0 Å². The van der Waals surface area contributed by atoms with Gasteiger partial charge in [0, 0.05) is 25.1 Å². The smallest absolute Gasteiger partial charge is 0.240 e. The summed E-state index contributed by atoms with van der Waals surface area (Å²) in [5.74, 6) is -0.174. The summed E-state index contributed by atoms with van der Waals surface area (Å²) in [5, 5.41) is 0. The van der Waals surface area contributed by atoms with Crippen molar-refractivity contribution in [2.45, 2.75) is 44.0 Å². The number of ketones is 1. The zero-order valence-electron chi connectivity index (χ0n) is 16.7. The van der Waals surface area contributed by atoms with Crippen molar-refractivity contribution in [3.8, 4) is 0 Å². The molecule has 2 aromatic carbocycles. The van der Waals surface area contributed by atoms with Crippen LogP contribution in [0.3, 0.4) is 0 Å². The predicted octanol–water partition coefficient (Wildman–Crippen LogP) is 3.23. The van der Waals surface area contributed by atoms with Crippen LogP contribution in [-0.4, -0.2) is 38.1 Å². The van der Waals surface area contributed by atoms with Crippen molar-refractivity contribution in [3.63, 3.8) is 0 Å². The van der Waals surface area contributed by atoms with Gasteiger partial charge in [0.2, 0.25) is 15.9 Å². The molecule has 2 aromatic rings. The second-order valence-corrected chi connectivity index (χ2v) is 9.10. The molecule has 1 saturated heterocycles. The lowest BCUT2D eigenvalue weighted by Gasteiger charge is -2.26. The van der Waals surface area contributed by atoms with E-state index in [1.54, 1.807) is 0 Å². The number of carbonyl (C=O) groups is 2. The fourth-order valence-electron chi connectivity index (χ4n) is 3.74. The maximum absolute atomic E-state index is 12.7. The second-order valence-electron chi connectivity index (χ2n) is 7.33. The summed E-state index contributed by atoms with van der Waals surface area (Å²) in [6.45, 7) is 4.20. The van der Waals surface area contributed by atoms with Crippen molar-refractivity contribution in [3.05, 3.63) is 65.2 Å². The van der Waals surface area contributed by atoms with Crippen LogP contribution in [-0.2, 0) is 14.8 Å². The Hall–Kier alpha value is -2.51. The van der Waals surface area contributed by atoms with Gasteiger partial charge in [-0.3, -0.25) is 9.59 Å². The molecule has 1 unspecified atom stereocenters. The third-order valence-electron chi connectivity index (χ3n) is 5.32. The van der Waals surface area contributed by atoms with Gasteiger partial charge in [0.15, 0.2) is 5.78 Å². The zero-order chi connectivity index (χ0) is 21.0. The molecule has 154 valence electrons. The second kappa shape index (κ2) is 8.88.